The predicted octanol–water partition coefficient (Wildman–Crippen LogP) is -1.90. The monoisotopic (exact) mass is 829 g/mol. The second-order valence-electron chi connectivity index (χ2n) is 15.7. The van der Waals surface area contributed by atoms with Crippen LogP contribution in [0.2, 0.25) is 0 Å². The molecular weight excluding hydrogens is 766 g/mol. The van der Waals surface area contributed by atoms with E-state index in [9.17, 15) is 43.5 Å². The lowest BCUT2D eigenvalue weighted by molar-refractivity contribution is -0.144. The highest BCUT2D eigenvalue weighted by molar-refractivity contribution is 5.98. The van der Waals surface area contributed by atoms with Gasteiger partial charge in [-0.15, -0.1) is 0 Å². The van der Waals surface area contributed by atoms with Crippen molar-refractivity contribution in [2.75, 3.05) is 13.1 Å². The molecule has 7 atom stereocenters. The summed E-state index contributed by atoms with van der Waals surface area (Å²) in [4.78, 5) is 110. The minimum atomic E-state index is -1.52. The Hall–Kier alpha value is -5.79. The molecule has 1 aliphatic heterocycles. The first kappa shape index (κ1) is 49.4. The second kappa shape index (κ2) is 24.2. The number of amides is 7. The fraction of sp³-hybridized carbons (Fsp3) is 0.615. The largest absolute Gasteiger partial charge is 0.480 e. The molecule has 59 heavy (non-hydrogen) atoms. The van der Waals surface area contributed by atoms with E-state index in [1.165, 1.54) is 11.8 Å². The van der Waals surface area contributed by atoms with Gasteiger partial charge < -0.3 is 59.5 Å². The van der Waals surface area contributed by atoms with Gasteiger partial charge in [-0.3, -0.25) is 38.6 Å². The van der Waals surface area contributed by atoms with Gasteiger partial charge in [0.1, 0.15) is 36.3 Å². The molecule has 0 saturated carbocycles. The Bertz CT molecular complexity index is 1650. The molecule has 0 aromatic heterocycles. The number of benzene rings is 1. The van der Waals surface area contributed by atoms with Crippen molar-refractivity contribution in [3.63, 3.8) is 0 Å². The van der Waals surface area contributed by atoms with E-state index >= 15 is 0 Å². The molecule has 1 saturated heterocycles. The molecule has 0 aliphatic carbocycles. The summed E-state index contributed by atoms with van der Waals surface area (Å²) in [5.74, 6) is -6.84. The maximum absolute atomic E-state index is 14.1. The number of nitrogens with one attached hydrogen (secondary N) is 5. The summed E-state index contributed by atoms with van der Waals surface area (Å²) >= 11 is 0. The van der Waals surface area contributed by atoms with Gasteiger partial charge in [-0.25, -0.2) is 4.79 Å². The Kier molecular flexibility index (Phi) is 20.2. The average molecular weight is 830 g/mol. The number of aliphatic imine (C=N–C) groups is 1. The topological polar surface area (TPSA) is 337 Å². The first-order chi connectivity index (χ1) is 27.7. The third kappa shape index (κ3) is 17.3. The second-order valence-corrected chi connectivity index (χ2v) is 15.7. The van der Waals surface area contributed by atoms with Crippen molar-refractivity contribution in [2.24, 2.45) is 39.8 Å². The summed E-state index contributed by atoms with van der Waals surface area (Å²) < 4.78 is 0. The number of carboxylic acid groups (broad SMARTS) is 1. The van der Waals surface area contributed by atoms with Crippen LogP contribution in [-0.4, -0.2) is 119 Å². The summed E-state index contributed by atoms with van der Waals surface area (Å²) in [6, 6.07) is 0.751. The first-order valence-corrected chi connectivity index (χ1v) is 19.9. The average Bonchev–Trinajstić information content (AvgIpc) is 3.64. The third-order valence-electron chi connectivity index (χ3n) is 9.49. The van der Waals surface area contributed by atoms with Gasteiger partial charge in [0.2, 0.25) is 41.4 Å². The van der Waals surface area contributed by atoms with E-state index in [1.54, 1.807) is 24.3 Å². The minimum absolute atomic E-state index is 0.0253. The summed E-state index contributed by atoms with van der Waals surface area (Å²) in [6.07, 6.45) is 0.848. The van der Waals surface area contributed by atoms with Gasteiger partial charge in [-0.1, -0.05) is 58.0 Å². The molecule has 7 amide bonds. The number of guanidine groups is 1. The first-order valence-electron chi connectivity index (χ1n) is 19.9. The Morgan fingerprint density at radius 1 is 0.763 bits per heavy atom. The van der Waals surface area contributed by atoms with Crippen LogP contribution in [0.5, 0.6) is 0 Å². The number of primary amides is 1. The van der Waals surface area contributed by atoms with Crippen molar-refractivity contribution >= 4 is 53.3 Å². The van der Waals surface area contributed by atoms with Gasteiger partial charge in [-0.2, -0.15) is 0 Å². The molecule has 1 heterocycles. The molecule has 1 aromatic rings. The summed E-state index contributed by atoms with van der Waals surface area (Å²) in [6.45, 7) is 8.98. The fourth-order valence-corrected chi connectivity index (χ4v) is 6.53. The number of rotatable bonds is 24. The molecule has 2 rings (SSSR count). The quantitative estimate of drug-likeness (QED) is 0.0310. The lowest BCUT2D eigenvalue weighted by Crippen LogP contribution is -2.60. The molecule has 0 radical (unpaired) electrons. The number of nitrogens with two attached hydrogens (primary N) is 4. The Balaban J connectivity index is 2.18. The fourth-order valence-electron chi connectivity index (χ4n) is 6.53. The number of carbonyl (C=O) groups is 8. The van der Waals surface area contributed by atoms with Crippen molar-refractivity contribution in [2.45, 2.75) is 128 Å². The van der Waals surface area contributed by atoms with E-state index in [1.807, 2.05) is 33.8 Å². The van der Waals surface area contributed by atoms with Crippen LogP contribution in [0.4, 0.5) is 0 Å². The number of hydrogen-bond donors (Lipinski definition) is 10. The maximum atomic E-state index is 14.1. The van der Waals surface area contributed by atoms with E-state index in [2.05, 4.69) is 31.6 Å². The zero-order valence-corrected chi connectivity index (χ0v) is 34.6. The molecular formula is C39H63N11O9. The smallest absolute Gasteiger partial charge is 0.326 e. The number of carboxylic acids is 1. The standard InChI is InChI=1S/C39H63N11O9/c1-21(2)17-27(34(54)46-26(38(58)59)13-9-15-44-39(42)43)48-36(56)30-14-10-16-50(30)37(57)29(18-22(3)4)49-35(55)28(20-31(41)51)47-32(52)23(5)45-33(53)25(40)19-24-11-7-6-8-12-24/h6-8,11-12,21-23,25-30H,9-10,13-20,40H2,1-5H3,(H2,41,51)(H,45,53)(H,46,54)(H,47,52)(H,48,56)(H,49,55)(H,58,59)(H4,42,43,44). The van der Waals surface area contributed by atoms with E-state index in [4.69, 9.17) is 22.9 Å². The molecule has 14 N–H and O–H groups in total. The molecule has 1 aromatic carbocycles. The van der Waals surface area contributed by atoms with Crippen LogP contribution in [0.1, 0.15) is 85.1 Å². The van der Waals surface area contributed by atoms with Crippen LogP contribution in [0.15, 0.2) is 35.3 Å². The van der Waals surface area contributed by atoms with Crippen molar-refractivity contribution in [3.8, 4) is 0 Å². The Labute approximate surface area is 344 Å². The van der Waals surface area contributed by atoms with Crippen LogP contribution in [0, 0.1) is 11.8 Å². The van der Waals surface area contributed by atoms with E-state index in [-0.39, 0.29) is 69.4 Å². The molecule has 0 spiro atoms. The number of likely N-dealkylation sites (tertiary alicyclic amines) is 1. The SMILES string of the molecule is CC(C)CC(NC(=O)C1CCCN1C(=O)C(CC(C)C)NC(=O)C(CC(N)=O)NC(=O)C(C)NC(=O)C(N)Cc1ccccc1)C(=O)NC(CCCN=C(N)N)C(=O)O. The van der Waals surface area contributed by atoms with Gasteiger partial charge in [0.25, 0.3) is 0 Å². The van der Waals surface area contributed by atoms with Crippen molar-refractivity contribution in [3.05, 3.63) is 35.9 Å². The van der Waals surface area contributed by atoms with Crippen molar-refractivity contribution in [1.29, 1.82) is 0 Å². The van der Waals surface area contributed by atoms with Gasteiger partial charge in [0, 0.05) is 13.1 Å². The normalized spacial score (nSPS) is 16.7. The summed E-state index contributed by atoms with van der Waals surface area (Å²) in [5, 5.41) is 22.5. The van der Waals surface area contributed by atoms with Gasteiger partial charge in [-0.05, 0) is 69.3 Å². The van der Waals surface area contributed by atoms with Crippen LogP contribution in [-0.2, 0) is 44.8 Å². The molecule has 0 bridgehead atoms. The summed E-state index contributed by atoms with van der Waals surface area (Å²) in [5.41, 5.74) is 22.9. The van der Waals surface area contributed by atoms with Crippen LogP contribution >= 0.6 is 0 Å². The number of nitrogens with zero attached hydrogens (tertiary/aromatic N) is 2. The molecule has 1 fully saturated rings. The van der Waals surface area contributed by atoms with E-state index in [0.29, 0.717) is 6.42 Å². The third-order valence-corrected chi connectivity index (χ3v) is 9.49. The lowest BCUT2D eigenvalue weighted by Gasteiger charge is -2.31. The molecule has 328 valence electrons. The molecule has 20 nitrogen and oxygen atoms in total. The minimum Gasteiger partial charge on any atom is -0.480 e. The van der Waals surface area contributed by atoms with Gasteiger partial charge in [0.05, 0.1) is 12.5 Å². The lowest BCUT2D eigenvalue weighted by atomic mass is 10.0. The number of aliphatic carboxylic acids is 1. The van der Waals surface area contributed by atoms with Crippen molar-refractivity contribution < 1.29 is 43.5 Å². The number of hydrogen-bond acceptors (Lipinski definition) is 10. The molecule has 7 unspecified atom stereocenters. The zero-order valence-electron chi connectivity index (χ0n) is 34.6. The molecule has 20 heteroatoms. The summed E-state index contributed by atoms with van der Waals surface area (Å²) in [7, 11) is 0. The van der Waals surface area contributed by atoms with E-state index in [0.717, 1.165) is 5.56 Å². The Morgan fingerprint density at radius 3 is 1.92 bits per heavy atom. The predicted molar refractivity (Wildman–Crippen MR) is 218 cm³/mol. The highest BCUT2D eigenvalue weighted by atomic mass is 16.4. The number of carbonyl (C=O) groups excluding carboxylic acids is 7. The zero-order chi connectivity index (χ0) is 44.4. The van der Waals surface area contributed by atoms with Crippen LogP contribution < -0.4 is 49.5 Å². The highest BCUT2D eigenvalue weighted by Gasteiger charge is 2.40. The van der Waals surface area contributed by atoms with Crippen molar-refractivity contribution in [1.82, 2.24) is 31.5 Å². The van der Waals surface area contributed by atoms with Gasteiger partial charge in [0.15, 0.2) is 5.96 Å². The van der Waals surface area contributed by atoms with Crippen LogP contribution in [0.3, 0.4) is 0 Å². The van der Waals surface area contributed by atoms with Crippen LogP contribution in [0.25, 0.3) is 0 Å². The maximum Gasteiger partial charge on any atom is 0.326 e. The Morgan fingerprint density at radius 2 is 1.34 bits per heavy atom. The molecule has 1 aliphatic rings. The van der Waals surface area contributed by atoms with Gasteiger partial charge >= 0.3 is 5.97 Å². The van der Waals surface area contributed by atoms with E-state index < -0.39 is 96.0 Å². The highest BCUT2D eigenvalue weighted by Crippen LogP contribution is 2.21.